The molecule has 0 unspecified atom stereocenters. The van der Waals surface area contributed by atoms with Crippen LogP contribution in [0.1, 0.15) is 18.4 Å². The quantitative estimate of drug-likeness (QED) is 0.853. The molecule has 6 heteroatoms. The van der Waals surface area contributed by atoms with E-state index in [9.17, 15) is 13.2 Å². The zero-order valence-corrected chi connectivity index (χ0v) is 12.1. The molecule has 0 radical (unpaired) electrons. The highest BCUT2D eigenvalue weighted by Crippen LogP contribution is 2.14. The molecule has 20 heavy (non-hydrogen) atoms. The Morgan fingerprint density at radius 1 is 1.15 bits per heavy atom. The smallest absolute Gasteiger partial charge is 0.307 e. The average molecular weight is 297 g/mol. The first-order chi connectivity index (χ1) is 9.47. The molecule has 0 spiro atoms. The third-order valence-corrected chi connectivity index (χ3v) is 5.22. The number of hydrogen-bond acceptors (Lipinski definition) is 4. The summed E-state index contributed by atoms with van der Waals surface area (Å²) in [5, 5.41) is 8.68. The number of nitrogens with zero attached hydrogens (tertiary/aromatic N) is 1. The number of carboxylic acids is 1. The summed E-state index contributed by atoms with van der Waals surface area (Å²) in [6, 6.07) is 6.13. The lowest BCUT2D eigenvalue weighted by Crippen LogP contribution is -2.26. The standard InChI is InChI=1S/C14H19NO4S/c16-14(17)11-12-3-5-13(6-4-12)20(18,19)10-9-15-7-1-2-8-15/h3-6H,1-2,7-11H2,(H,16,17). The zero-order valence-electron chi connectivity index (χ0n) is 11.3. The van der Waals surface area contributed by atoms with Crippen LogP contribution in [0.25, 0.3) is 0 Å². The Hall–Kier alpha value is -1.40. The van der Waals surface area contributed by atoms with Crippen LogP contribution in [0.4, 0.5) is 0 Å². The normalized spacial score (nSPS) is 16.4. The van der Waals surface area contributed by atoms with Crippen molar-refractivity contribution in [3.8, 4) is 0 Å². The number of rotatable bonds is 6. The van der Waals surface area contributed by atoms with Crippen LogP contribution in [-0.2, 0) is 21.1 Å². The monoisotopic (exact) mass is 297 g/mol. The minimum absolute atomic E-state index is 0.0892. The van der Waals surface area contributed by atoms with Crippen molar-refractivity contribution in [1.29, 1.82) is 0 Å². The van der Waals surface area contributed by atoms with Gasteiger partial charge in [-0.05, 0) is 43.6 Å². The van der Waals surface area contributed by atoms with Crippen LogP contribution < -0.4 is 0 Å². The van der Waals surface area contributed by atoms with Crippen molar-refractivity contribution in [3.05, 3.63) is 29.8 Å². The lowest BCUT2D eigenvalue weighted by molar-refractivity contribution is -0.136. The van der Waals surface area contributed by atoms with E-state index in [0.29, 0.717) is 12.1 Å². The predicted molar refractivity (Wildman–Crippen MR) is 75.5 cm³/mol. The van der Waals surface area contributed by atoms with E-state index >= 15 is 0 Å². The van der Waals surface area contributed by atoms with Crippen molar-refractivity contribution in [2.24, 2.45) is 0 Å². The van der Waals surface area contributed by atoms with Crippen LogP contribution in [0.3, 0.4) is 0 Å². The lowest BCUT2D eigenvalue weighted by atomic mass is 10.2. The molecular weight excluding hydrogens is 278 g/mol. The van der Waals surface area contributed by atoms with E-state index in [1.54, 1.807) is 12.1 Å². The first-order valence-electron chi connectivity index (χ1n) is 6.73. The van der Waals surface area contributed by atoms with Gasteiger partial charge in [0.05, 0.1) is 17.1 Å². The summed E-state index contributed by atoms with van der Waals surface area (Å²) in [6.07, 6.45) is 2.20. The molecule has 1 aromatic carbocycles. The molecule has 5 nitrogen and oxygen atoms in total. The minimum Gasteiger partial charge on any atom is -0.481 e. The van der Waals surface area contributed by atoms with E-state index in [1.165, 1.54) is 12.1 Å². The average Bonchev–Trinajstić information content (AvgIpc) is 2.89. The number of hydrogen-bond donors (Lipinski definition) is 1. The highest BCUT2D eigenvalue weighted by atomic mass is 32.2. The molecule has 1 fully saturated rings. The molecule has 1 aliphatic rings. The molecule has 110 valence electrons. The van der Waals surface area contributed by atoms with Crippen molar-refractivity contribution in [3.63, 3.8) is 0 Å². The summed E-state index contributed by atoms with van der Waals surface area (Å²) in [4.78, 5) is 13.0. The molecule has 0 amide bonds. The Bertz CT molecular complexity index is 559. The van der Waals surface area contributed by atoms with Gasteiger partial charge in [0, 0.05) is 6.54 Å². The maximum atomic E-state index is 12.2. The molecule has 0 aromatic heterocycles. The van der Waals surface area contributed by atoms with Gasteiger partial charge in [-0.15, -0.1) is 0 Å². The van der Waals surface area contributed by atoms with E-state index in [0.717, 1.165) is 25.9 Å². The van der Waals surface area contributed by atoms with Crippen molar-refractivity contribution >= 4 is 15.8 Å². The van der Waals surface area contributed by atoms with Crippen LogP contribution in [0.15, 0.2) is 29.2 Å². The molecule has 1 heterocycles. The SMILES string of the molecule is O=C(O)Cc1ccc(S(=O)(=O)CCN2CCCC2)cc1. The summed E-state index contributed by atoms with van der Waals surface area (Å²) in [6.45, 7) is 2.53. The van der Waals surface area contributed by atoms with E-state index in [4.69, 9.17) is 5.11 Å². The molecule has 1 aliphatic heterocycles. The fourth-order valence-electron chi connectivity index (χ4n) is 2.36. The van der Waals surface area contributed by atoms with E-state index in [1.807, 2.05) is 0 Å². The largest absolute Gasteiger partial charge is 0.481 e. The van der Waals surface area contributed by atoms with Gasteiger partial charge < -0.3 is 10.0 Å². The Morgan fingerprint density at radius 3 is 2.30 bits per heavy atom. The maximum Gasteiger partial charge on any atom is 0.307 e. The first kappa shape index (κ1) is 15.0. The summed E-state index contributed by atoms with van der Waals surface area (Å²) >= 11 is 0. The number of aliphatic carboxylic acids is 1. The predicted octanol–water partition coefficient (Wildman–Crippen LogP) is 1.18. The van der Waals surface area contributed by atoms with Crippen LogP contribution >= 0.6 is 0 Å². The third kappa shape index (κ3) is 4.05. The van der Waals surface area contributed by atoms with Crippen LogP contribution in [0, 0.1) is 0 Å². The van der Waals surface area contributed by atoms with E-state index in [2.05, 4.69) is 4.90 Å². The summed E-state index contributed by atoms with van der Waals surface area (Å²) in [5.41, 5.74) is 0.607. The van der Waals surface area contributed by atoms with Gasteiger partial charge >= 0.3 is 5.97 Å². The molecule has 0 aliphatic carbocycles. The second kappa shape index (κ2) is 6.37. The second-order valence-corrected chi connectivity index (χ2v) is 7.19. The molecule has 2 rings (SSSR count). The Kier molecular flexibility index (Phi) is 4.77. The third-order valence-electron chi connectivity index (χ3n) is 3.51. The topological polar surface area (TPSA) is 74.7 Å². The van der Waals surface area contributed by atoms with Crippen molar-refractivity contribution in [2.75, 3.05) is 25.4 Å². The minimum atomic E-state index is -3.28. The fraction of sp³-hybridized carbons (Fsp3) is 0.500. The maximum absolute atomic E-state index is 12.2. The van der Waals surface area contributed by atoms with E-state index in [-0.39, 0.29) is 17.1 Å². The molecule has 0 saturated carbocycles. The van der Waals surface area contributed by atoms with Crippen LogP contribution in [0.2, 0.25) is 0 Å². The molecule has 1 N–H and O–H groups in total. The molecule has 1 aromatic rings. The van der Waals surface area contributed by atoms with Crippen molar-refractivity contribution in [1.82, 2.24) is 4.90 Å². The van der Waals surface area contributed by atoms with Gasteiger partial charge in [-0.25, -0.2) is 8.42 Å². The number of sulfone groups is 1. The van der Waals surface area contributed by atoms with Gasteiger partial charge in [0.15, 0.2) is 9.84 Å². The number of likely N-dealkylation sites (tertiary alicyclic amines) is 1. The molecule has 1 saturated heterocycles. The van der Waals surface area contributed by atoms with Gasteiger partial charge in [0.2, 0.25) is 0 Å². The summed E-state index contributed by atoms with van der Waals surface area (Å²) in [7, 11) is -3.28. The van der Waals surface area contributed by atoms with Crippen LogP contribution in [-0.4, -0.2) is 49.8 Å². The van der Waals surface area contributed by atoms with Crippen LogP contribution in [0.5, 0.6) is 0 Å². The number of carboxylic acid groups (broad SMARTS) is 1. The van der Waals surface area contributed by atoms with Gasteiger partial charge in [0.1, 0.15) is 0 Å². The lowest BCUT2D eigenvalue weighted by Gasteiger charge is -2.14. The van der Waals surface area contributed by atoms with Crippen molar-refractivity contribution < 1.29 is 18.3 Å². The van der Waals surface area contributed by atoms with Gasteiger partial charge in [-0.3, -0.25) is 4.79 Å². The molecule has 0 atom stereocenters. The number of benzene rings is 1. The Balaban J connectivity index is 1.99. The zero-order chi connectivity index (χ0) is 14.6. The van der Waals surface area contributed by atoms with Gasteiger partial charge in [-0.2, -0.15) is 0 Å². The second-order valence-electron chi connectivity index (χ2n) is 5.08. The van der Waals surface area contributed by atoms with E-state index < -0.39 is 15.8 Å². The number of carbonyl (C=O) groups is 1. The first-order valence-corrected chi connectivity index (χ1v) is 8.38. The fourth-order valence-corrected chi connectivity index (χ4v) is 3.65. The highest BCUT2D eigenvalue weighted by molar-refractivity contribution is 7.91. The molecular formula is C14H19NO4S. The summed E-state index contributed by atoms with van der Waals surface area (Å²) in [5.74, 6) is -0.805. The Morgan fingerprint density at radius 2 is 1.75 bits per heavy atom. The van der Waals surface area contributed by atoms with Gasteiger partial charge in [-0.1, -0.05) is 12.1 Å². The van der Waals surface area contributed by atoms with Gasteiger partial charge in [0.25, 0.3) is 0 Å². The van der Waals surface area contributed by atoms with Crippen molar-refractivity contribution in [2.45, 2.75) is 24.2 Å². The summed E-state index contributed by atoms with van der Waals surface area (Å²) < 4.78 is 24.4. The Labute approximate surface area is 119 Å². The highest BCUT2D eigenvalue weighted by Gasteiger charge is 2.18. The molecule has 0 bridgehead atoms.